The number of amides is 1. The first kappa shape index (κ1) is 23.7. The highest BCUT2D eigenvalue weighted by molar-refractivity contribution is 6.31. The van der Waals surface area contributed by atoms with Gasteiger partial charge in [-0.15, -0.1) is 0 Å². The topological polar surface area (TPSA) is 107 Å². The van der Waals surface area contributed by atoms with E-state index in [2.05, 4.69) is 20.6 Å². The highest BCUT2D eigenvalue weighted by atomic mass is 35.5. The number of halogens is 2. The lowest BCUT2D eigenvalue weighted by atomic mass is 9.93. The van der Waals surface area contributed by atoms with E-state index in [1.165, 1.54) is 16.8 Å². The van der Waals surface area contributed by atoms with Crippen LogP contribution in [0.15, 0.2) is 29.2 Å². The van der Waals surface area contributed by atoms with E-state index >= 15 is 0 Å². The van der Waals surface area contributed by atoms with Gasteiger partial charge in [0, 0.05) is 37.3 Å². The summed E-state index contributed by atoms with van der Waals surface area (Å²) in [5.74, 6) is 0.124. The lowest BCUT2D eigenvalue weighted by molar-refractivity contribution is -0.118. The summed E-state index contributed by atoms with van der Waals surface area (Å²) in [7, 11) is 1.61. The Morgan fingerprint density at radius 1 is 1.29 bits per heavy atom. The smallest absolute Gasteiger partial charge is 0.263 e. The first-order valence-electron chi connectivity index (χ1n) is 11.5. The van der Waals surface area contributed by atoms with Crippen LogP contribution in [0.25, 0.3) is 11.0 Å². The Balaban J connectivity index is 1.16. The highest BCUT2D eigenvalue weighted by Crippen LogP contribution is 2.31. The van der Waals surface area contributed by atoms with Crippen molar-refractivity contribution in [3.05, 3.63) is 56.8 Å². The zero-order valence-corrected chi connectivity index (χ0v) is 19.9. The summed E-state index contributed by atoms with van der Waals surface area (Å²) in [5, 5.41) is 6.65. The van der Waals surface area contributed by atoms with Crippen LogP contribution in [0.2, 0.25) is 5.02 Å². The normalized spacial score (nSPS) is 19.8. The predicted octanol–water partition coefficient (Wildman–Crippen LogP) is 3.07. The maximum absolute atomic E-state index is 14.6. The van der Waals surface area contributed by atoms with E-state index < -0.39 is 5.82 Å². The number of fused-ring (bicyclic) bond motifs is 2. The van der Waals surface area contributed by atoms with E-state index in [4.69, 9.17) is 21.1 Å². The summed E-state index contributed by atoms with van der Waals surface area (Å²) in [4.78, 5) is 32.1. The third kappa shape index (κ3) is 5.00. The third-order valence-electron chi connectivity index (χ3n) is 6.51. The summed E-state index contributed by atoms with van der Waals surface area (Å²) >= 11 is 6.34. The number of carbonyl (C=O) groups is 1. The van der Waals surface area contributed by atoms with Crippen molar-refractivity contribution in [2.75, 3.05) is 11.9 Å². The molecular weight excluding hydrogens is 477 g/mol. The molecule has 4 heterocycles. The Hall–Kier alpha value is -3.08. The van der Waals surface area contributed by atoms with Crippen molar-refractivity contribution in [2.24, 2.45) is 7.05 Å². The zero-order valence-electron chi connectivity index (χ0n) is 19.1. The molecule has 2 N–H and O–H groups in total. The van der Waals surface area contributed by atoms with Crippen LogP contribution in [0.4, 0.5) is 10.2 Å². The fourth-order valence-corrected chi connectivity index (χ4v) is 4.77. The summed E-state index contributed by atoms with van der Waals surface area (Å²) in [6.45, 7) is 0.490. The lowest BCUT2D eigenvalue weighted by Gasteiger charge is -2.29. The lowest BCUT2D eigenvalue weighted by Crippen LogP contribution is -2.35. The number of anilines is 1. The average molecular weight is 502 g/mol. The van der Waals surface area contributed by atoms with Crippen LogP contribution in [-0.4, -0.2) is 39.2 Å². The first-order valence-corrected chi connectivity index (χ1v) is 11.9. The van der Waals surface area contributed by atoms with Crippen molar-refractivity contribution in [1.82, 2.24) is 19.9 Å². The van der Waals surface area contributed by atoms with Crippen LogP contribution in [0.3, 0.4) is 0 Å². The van der Waals surface area contributed by atoms with Crippen LogP contribution < -0.4 is 20.9 Å². The Labute approximate surface area is 205 Å². The van der Waals surface area contributed by atoms with Crippen molar-refractivity contribution < 1.29 is 18.7 Å². The first-order chi connectivity index (χ1) is 16.9. The van der Waals surface area contributed by atoms with Crippen molar-refractivity contribution >= 4 is 34.4 Å². The van der Waals surface area contributed by atoms with Crippen LogP contribution in [0, 0.1) is 5.82 Å². The number of aromatic nitrogens is 3. The fourth-order valence-electron chi connectivity index (χ4n) is 4.56. The fraction of sp³-hybridized carbons (Fsp3) is 0.417. The van der Waals surface area contributed by atoms with E-state index in [0.29, 0.717) is 45.4 Å². The number of nitrogens with one attached hydrogen (secondary N) is 2. The van der Waals surface area contributed by atoms with E-state index in [1.54, 1.807) is 19.2 Å². The Morgan fingerprint density at radius 2 is 2.09 bits per heavy atom. The molecule has 0 spiro atoms. The molecule has 11 heteroatoms. The summed E-state index contributed by atoms with van der Waals surface area (Å²) in [6.07, 6.45) is 4.56. The van der Waals surface area contributed by atoms with Crippen molar-refractivity contribution in [3.8, 4) is 5.75 Å². The molecule has 1 amide bonds. The third-order valence-corrected chi connectivity index (χ3v) is 6.84. The molecule has 1 fully saturated rings. The van der Waals surface area contributed by atoms with E-state index in [1.807, 2.05) is 0 Å². The SMILES string of the molecule is Cn1c(=O)ccc2ncc(F)c(COC3CCC(NCc4nc5c(cc4Cl)OCC(=O)N5)CC3)c21. The van der Waals surface area contributed by atoms with Gasteiger partial charge in [0.1, 0.15) is 5.82 Å². The number of pyridine rings is 3. The molecule has 0 radical (unpaired) electrons. The van der Waals surface area contributed by atoms with Crippen LogP contribution in [0.5, 0.6) is 5.75 Å². The van der Waals surface area contributed by atoms with Gasteiger partial charge in [0.15, 0.2) is 18.2 Å². The Kier molecular flexibility index (Phi) is 6.68. The second kappa shape index (κ2) is 9.88. The molecule has 0 atom stereocenters. The number of aryl methyl sites for hydroxylation is 1. The molecule has 35 heavy (non-hydrogen) atoms. The van der Waals surface area contributed by atoms with E-state index in [-0.39, 0.29) is 36.8 Å². The minimum Gasteiger partial charge on any atom is -0.480 e. The Morgan fingerprint density at radius 3 is 2.89 bits per heavy atom. The molecule has 1 aliphatic carbocycles. The molecule has 184 valence electrons. The second-order valence-corrected chi connectivity index (χ2v) is 9.22. The maximum Gasteiger partial charge on any atom is 0.263 e. The maximum atomic E-state index is 14.6. The van der Waals surface area contributed by atoms with Crippen molar-refractivity contribution in [2.45, 2.75) is 51.0 Å². The molecule has 1 aliphatic heterocycles. The molecule has 0 aromatic carbocycles. The van der Waals surface area contributed by atoms with Gasteiger partial charge in [-0.2, -0.15) is 0 Å². The summed E-state index contributed by atoms with van der Waals surface area (Å²) in [5.41, 5.74) is 1.78. The summed E-state index contributed by atoms with van der Waals surface area (Å²) in [6, 6.07) is 4.95. The van der Waals surface area contributed by atoms with Crippen molar-refractivity contribution in [3.63, 3.8) is 0 Å². The number of hydrogen-bond donors (Lipinski definition) is 2. The second-order valence-electron chi connectivity index (χ2n) is 8.82. The molecule has 0 saturated heterocycles. The molecule has 0 bridgehead atoms. The zero-order chi connectivity index (χ0) is 24.5. The van der Waals surface area contributed by atoms with Gasteiger partial charge in [-0.05, 0) is 31.7 Å². The van der Waals surface area contributed by atoms with Crippen LogP contribution in [-0.2, 0) is 29.7 Å². The van der Waals surface area contributed by atoms with Gasteiger partial charge >= 0.3 is 0 Å². The Bertz CT molecular complexity index is 1340. The largest absolute Gasteiger partial charge is 0.480 e. The number of nitrogens with zero attached hydrogens (tertiary/aromatic N) is 3. The van der Waals surface area contributed by atoms with Gasteiger partial charge in [-0.1, -0.05) is 11.6 Å². The number of hydrogen-bond acceptors (Lipinski definition) is 7. The molecule has 5 rings (SSSR count). The van der Waals surface area contributed by atoms with Crippen LogP contribution in [0.1, 0.15) is 36.9 Å². The van der Waals surface area contributed by atoms with Gasteiger partial charge in [0.05, 0.1) is 40.7 Å². The molecule has 9 nitrogen and oxygen atoms in total. The molecular formula is C24H25ClFN5O4. The predicted molar refractivity (Wildman–Crippen MR) is 128 cm³/mol. The quantitative estimate of drug-likeness (QED) is 0.534. The average Bonchev–Trinajstić information content (AvgIpc) is 2.85. The summed E-state index contributed by atoms with van der Waals surface area (Å²) < 4.78 is 27.4. The minimum absolute atomic E-state index is 0.00535. The van der Waals surface area contributed by atoms with Gasteiger partial charge in [-0.25, -0.2) is 9.37 Å². The molecule has 0 unspecified atom stereocenters. The van der Waals surface area contributed by atoms with E-state index in [0.717, 1.165) is 25.7 Å². The monoisotopic (exact) mass is 501 g/mol. The van der Waals surface area contributed by atoms with Gasteiger partial charge in [0.25, 0.3) is 11.5 Å². The minimum atomic E-state index is -0.481. The van der Waals surface area contributed by atoms with Gasteiger partial charge in [0.2, 0.25) is 0 Å². The number of ether oxygens (including phenoxy) is 2. The van der Waals surface area contributed by atoms with E-state index in [9.17, 15) is 14.0 Å². The standard InChI is InChI=1S/C24H25ClFN5O4/c1-31-22(33)7-6-18-23(31)15(17(26)9-28-18)11-34-14-4-2-13(3-5-14)27-10-19-16(25)8-20-24(29-19)30-21(32)12-35-20/h6-9,13-14,27H,2-5,10-12H2,1H3,(H,29,30,32). The molecule has 3 aromatic rings. The number of rotatable bonds is 6. The number of carbonyl (C=O) groups excluding carboxylic acids is 1. The molecule has 1 saturated carbocycles. The van der Waals surface area contributed by atoms with Gasteiger partial charge < -0.3 is 24.7 Å². The highest BCUT2D eigenvalue weighted by Gasteiger charge is 2.24. The molecule has 2 aliphatic rings. The van der Waals surface area contributed by atoms with Gasteiger partial charge in [-0.3, -0.25) is 14.6 Å². The molecule has 3 aromatic heterocycles. The van der Waals surface area contributed by atoms with Crippen LogP contribution >= 0.6 is 11.6 Å². The van der Waals surface area contributed by atoms with Crippen molar-refractivity contribution in [1.29, 1.82) is 0 Å².